The molecule has 0 atom stereocenters. The Kier molecular flexibility index (Phi) is 3.71. The van der Waals surface area contributed by atoms with Crippen LogP contribution < -0.4 is 5.32 Å². The molecule has 0 aromatic heterocycles. The molecule has 0 radical (unpaired) electrons. The summed E-state index contributed by atoms with van der Waals surface area (Å²) in [7, 11) is 1.75. The fraction of sp³-hybridized carbons (Fsp3) is 0.867. The molecule has 2 aliphatic heterocycles. The predicted molar refractivity (Wildman–Crippen MR) is 76.3 cm³/mol. The summed E-state index contributed by atoms with van der Waals surface area (Å²) in [6, 6.07) is -0.240. The molecule has 3 rings (SSSR count). The number of hydrogen-bond donors (Lipinski definition) is 1. The summed E-state index contributed by atoms with van der Waals surface area (Å²) in [5, 5.41) is 2.45. The first kappa shape index (κ1) is 13.9. The van der Waals surface area contributed by atoms with Gasteiger partial charge in [0.05, 0.1) is 0 Å². The number of piperidine rings is 1. The standard InChI is InChI=1S/C15H25N3O2/c1-17-14(20)16-13(19)15(17)7-9-18(10-8-15)11-12-5-3-2-4-6-12/h12H,2-11H2,1H3,(H,16,19,20). The molecule has 112 valence electrons. The smallest absolute Gasteiger partial charge is 0.313 e. The number of likely N-dealkylation sites (tertiary alicyclic amines) is 1. The zero-order valence-electron chi connectivity index (χ0n) is 12.4. The maximum absolute atomic E-state index is 12.1. The average Bonchev–Trinajstić information content (AvgIpc) is 2.67. The Hall–Kier alpha value is -1.10. The van der Waals surface area contributed by atoms with E-state index < -0.39 is 5.54 Å². The fourth-order valence-corrected chi connectivity index (χ4v) is 4.05. The number of amides is 3. The summed E-state index contributed by atoms with van der Waals surface area (Å²) in [4.78, 5) is 27.8. The molecule has 3 fully saturated rings. The first-order valence-electron chi connectivity index (χ1n) is 7.93. The summed E-state index contributed by atoms with van der Waals surface area (Å²) >= 11 is 0. The monoisotopic (exact) mass is 279 g/mol. The number of nitrogens with one attached hydrogen (secondary N) is 1. The fourth-order valence-electron chi connectivity index (χ4n) is 4.05. The van der Waals surface area contributed by atoms with Crippen molar-refractivity contribution < 1.29 is 9.59 Å². The van der Waals surface area contributed by atoms with Crippen molar-refractivity contribution in [3.8, 4) is 0 Å². The minimum atomic E-state index is -0.569. The SMILES string of the molecule is CN1C(=O)NC(=O)C12CCN(CC1CCCCC1)CC2. The Morgan fingerprint density at radius 2 is 1.80 bits per heavy atom. The van der Waals surface area contributed by atoms with Crippen LogP contribution in [0.25, 0.3) is 0 Å². The van der Waals surface area contributed by atoms with Crippen LogP contribution in [0.4, 0.5) is 4.79 Å². The third-order valence-electron chi connectivity index (χ3n) is 5.51. The zero-order valence-corrected chi connectivity index (χ0v) is 12.4. The number of urea groups is 1. The summed E-state index contributed by atoms with van der Waals surface area (Å²) < 4.78 is 0. The second-order valence-corrected chi connectivity index (χ2v) is 6.65. The molecule has 1 saturated carbocycles. The van der Waals surface area contributed by atoms with Gasteiger partial charge in [0.1, 0.15) is 5.54 Å². The zero-order chi connectivity index (χ0) is 14.2. The highest BCUT2D eigenvalue weighted by Gasteiger charge is 2.52. The number of carbonyl (C=O) groups excluding carboxylic acids is 2. The molecule has 2 heterocycles. The van der Waals surface area contributed by atoms with Gasteiger partial charge in [-0.1, -0.05) is 19.3 Å². The number of rotatable bonds is 2. The minimum absolute atomic E-state index is 0.0951. The maximum Gasteiger partial charge on any atom is 0.324 e. The Balaban J connectivity index is 1.56. The van der Waals surface area contributed by atoms with E-state index in [1.807, 2.05) is 0 Å². The van der Waals surface area contributed by atoms with Crippen LogP contribution in [0, 0.1) is 5.92 Å². The lowest BCUT2D eigenvalue weighted by Crippen LogP contribution is -2.55. The van der Waals surface area contributed by atoms with E-state index in [0.717, 1.165) is 31.8 Å². The first-order chi connectivity index (χ1) is 9.62. The molecular formula is C15H25N3O2. The molecule has 1 spiro atoms. The van der Waals surface area contributed by atoms with Crippen molar-refractivity contribution in [1.82, 2.24) is 15.1 Å². The van der Waals surface area contributed by atoms with E-state index in [9.17, 15) is 9.59 Å². The van der Waals surface area contributed by atoms with E-state index >= 15 is 0 Å². The largest absolute Gasteiger partial charge is 0.324 e. The van der Waals surface area contributed by atoms with Crippen LogP contribution in [-0.2, 0) is 4.79 Å². The van der Waals surface area contributed by atoms with Crippen molar-refractivity contribution in [3.63, 3.8) is 0 Å². The average molecular weight is 279 g/mol. The highest BCUT2D eigenvalue weighted by atomic mass is 16.2. The third-order valence-corrected chi connectivity index (χ3v) is 5.51. The lowest BCUT2D eigenvalue weighted by Gasteiger charge is -2.42. The van der Waals surface area contributed by atoms with Gasteiger partial charge in [-0.05, 0) is 31.6 Å². The van der Waals surface area contributed by atoms with Crippen molar-refractivity contribution in [2.45, 2.75) is 50.5 Å². The minimum Gasteiger partial charge on any atom is -0.313 e. The molecule has 2 saturated heterocycles. The molecule has 20 heavy (non-hydrogen) atoms. The van der Waals surface area contributed by atoms with Gasteiger partial charge in [0.25, 0.3) is 5.91 Å². The van der Waals surface area contributed by atoms with Crippen LogP contribution in [0.1, 0.15) is 44.9 Å². The second kappa shape index (κ2) is 5.35. The Morgan fingerprint density at radius 3 is 2.35 bits per heavy atom. The van der Waals surface area contributed by atoms with Gasteiger partial charge in [0.2, 0.25) is 0 Å². The summed E-state index contributed by atoms with van der Waals surface area (Å²) in [6.07, 6.45) is 8.42. The van der Waals surface area contributed by atoms with Gasteiger partial charge in [0.15, 0.2) is 0 Å². The molecule has 1 aliphatic carbocycles. The van der Waals surface area contributed by atoms with E-state index in [2.05, 4.69) is 10.2 Å². The number of hydrogen-bond acceptors (Lipinski definition) is 3. The van der Waals surface area contributed by atoms with Gasteiger partial charge < -0.3 is 9.80 Å². The summed E-state index contributed by atoms with van der Waals surface area (Å²) in [5.41, 5.74) is -0.569. The van der Waals surface area contributed by atoms with E-state index in [1.165, 1.54) is 38.6 Å². The van der Waals surface area contributed by atoms with Crippen LogP contribution in [0.3, 0.4) is 0 Å². The van der Waals surface area contributed by atoms with Crippen LogP contribution >= 0.6 is 0 Å². The van der Waals surface area contributed by atoms with Crippen molar-refractivity contribution in [1.29, 1.82) is 0 Å². The molecule has 0 aromatic rings. The molecule has 0 unspecified atom stereocenters. The van der Waals surface area contributed by atoms with E-state index in [0.29, 0.717) is 0 Å². The topological polar surface area (TPSA) is 52.7 Å². The predicted octanol–water partition coefficient (Wildman–Crippen LogP) is 1.58. The van der Waals surface area contributed by atoms with Crippen LogP contribution in [0.2, 0.25) is 0 Å². The highest BCUT2D eigenvalue weighted by molar-refractivity contribution is 6.06. The molecule has 1 N–H and O–H groups in total. The van der Waals surface area contributed by atoms with Crippen molar-refractivity contribution >= 4 is 11.9 Å². The van der Waals surface area contributed by atoms with Crippen LogP contribution in [0.15, 0.2) is 0 Å². The quantitative estimate of drug-likeness (QED) is 0.781. The van der Waals surface area contributed by atoms with Gasteiger partial charge in [-0.15, -0.1) is 0 Å². The van der Waals surface area contributed by atoms with Crippen LogP contribution in [0.5, 0.6) is 0 Å². The Labute approximate surface area is 120 Å². The van der Waals surface area contributed by atoms with E-state index in [-0.39, 0.29) is 11.9 Å². The molecular weight excluding hydrogens is 254 g/mol. The van der Waals surface area contributed by atoms with Crippen molar-refractivity contribution in [2.24, 2.45) is 5.92 Å². The van der Waals surface area contributed by atoms with Gasteiger partial charge in [-0.3, -0.25) is 10.1 Å². The van der Waals surface area contributed by atoms with Gasteiger partial charge in [-0.2, -0.15) is 0 Å². The summed E-state index contributed by atoms with van der Waals surface area (Å²) in [6.45, 7) is 3.04. The molecule has 5 nitrogen and oxygen atoms in total. The first-order valence-corrected chi connectivity index (χ1v) is 7.93. The molecule has 5 heteroatoms. The molecule has 0 aromatic carbocycles. The van der Waals surface area contributed by atoms with Gasteiger partial charge in [0, 0.05) is 26.7 Å². The number of nitrogens with zero attached hydrogens (tertiary/aromatic N) is 2. The van der Waals surface area contributed by atoms with Gasteiger partial charge in [-0.25, -0.2) is 4.79 Å². The number of likely N-dealkylation sites (N-methyl/N-ethyl adjacent to an activating group) is 1. The molecule has 3 aliphatic rings. The van der Waals surface area contributed by atoms with Crippen molar-refractivity contribution in [3.05, 3.63) is 0 Å². The second-order valence-electron chi connectivity index (χ2n) is 6.65. The van der Waals surface area contributed by atoms with Crippen molar-refractivity contribution in [2.75, 3.05) is 26.7 Å². The van der Waals surface area contributed by atoms with E-state index in [4.69, 9.17) is 0 Å². The Morgan fingerprint density at radius 1 is 1.15 bits per heavy atom. The third kappa shape index (κ3) is 2.32. The van der Waals surface area contributed by atoms with Gasteiger partial charge >= 0.3 is 6.03 Å². The van der Waals surface area contributed by atoms with Crippen LogP contribution in [-0.4, -0.2) is 54.0 Å². The lowest BCUT2D eigenvalue weighted by molar-refractivity contribution is -0.128. The lowest BCUT2D eigenvalue weighted by atomic mass is 9.84. The normalized spacial score (nSPS) is 28.1. The Bertz CT molecular complexity index is 396. The summed E-state index contributed by atoms with van der Waals surface area (Å²) in [5.74, 6) is 0.747. The maximum atomic E-state index is 12.1. The number of carbonyl (C=O) groups is 2. The highest BCUT2D eigenvalue weighted by Crippen LogP contribution is 2.33. The molecule has 0 bridgehead atoms. The number of imide groups is 1. The van der Waals surface area contributed by atoms with E-state index in [1.54, 1.807) is 11.9 Å². The molecule has 3 amide bonds.